The molecule has 0 saturated carbocycles. The van der Waals surface area contributed by atoms with Gasteiger partial charge in [0.05, 0.1) is 12.2 Å². The van der Waals surface area contributed by atoms with Gasteiger partial charge in [-0.25, -0.2) is 9.98 Å². The van der Waals surface area contributed by atoms with Gasteiger partial charge in [0.1, 0.15) is 5.01 Å². The Bertz CT molecular complexity index is 727. The van der Waals surface area contributed by atoms with E-state index in [2.05, 4.69) is 43.5 Å². The molecular weight excluding hydrogens is 368 g/mol. The van der Waals surface area contributed by atoms with E-state index in [4.69, 9.17) is 9.98 Å². The number of aliphatic hydroxyl groups excluding tert-OH is 1. The summed E-state index contributed by atoms with van der Waals surface area (Å²) in [5, 5.41) is 17.1. The molecule has 28 heavy (non-hydrogen) atoms. The van der Waals surface area contributed by atoms with Crippen LogP contribution in [-0.4, -0.2) is 35.7 Å². The monoisotopic (exact) mass is 402 g/mol. The van der Waals surface area contributed by atoms with Crippen molar-refractivity contribution in [3.05, 3.63) is 40.9 Å². The van der Waals surface area contributed by atoms with Crippen LogP contribution < -0.4 is 10.6 Å². The summed E-state index contributed by atoms with van der Waals surface area (Å²) in [6.07, 6.45) is 1.92. The van der Waals surface area contributed by atoms with Crippen molar-refractivity contribution in [1.82, 2.24) is 15.6 Å². The second-order valence-electron chi connectivity index (χ2n) is 7.48. The maximum absolute atomic E-state index is 9.32. The summed E-state index contributed by atoms with van der Waals surface area (Å²) in [6.45, 7) is 11.0. The van der Waals surface area contributed by atoms with Crippen LogP contribution in [0.4, 0.5) is 0 Å². The van der Waals surface area contributed by atoms with Gasteiger partial charge in [-0.1, -0.05) is 44.2 Å². The fourth-order valence-electron chi connectivity index (χ4n) is 3.17. The Hall–Kier alpha value is -1.92. The van der Waals surface area contributed by atoms with Crippen LogP contribution in [0.25, 0.3) is 10.6 Å². The van der Waals surface area contributed by atoms with Crippen molar-refractivity contribution in [2.24, 2.45) is 16.8 Å². The summed E-state index contributed by atoms with van der Waals surface area (Å²) in [4.78, 5) is 10.7. The largest absolute Gasteiger partial charge is 0.396 e. The van der Waals surface area contributed by atoms with Crippen molar-refractivity contribution in [1.29, 1.82) is 0 Å². The third kappa shape index (κ3) is 7.24. The molecule has 0 aliphatic heterocycles. The van der Waals surface area contributed by atoms with Crippen LogP contribution in [0, 0.1) is 18.8 Å². The average molecular weight is 403 g/mol. The van der Waals surface area contributed by atoms with Crippen LogP contribution in [0.1, 0.15) is 44.2 Å². The van der Waals surface area contributed by atoms with Crippen molar-refractivity contribution in [2.75, 3.05) is 19.7 Å². The molecule has 154 valence electrons. The van der Waals surface area contributed by atoms with Gasteiger partial charge in [-0.05, 0) is 38.5 Å². The van der Waals surface area contributed by atoms with E-state index in [1.54, 1.807) is 11.3 Å². The number of nitrogens with zero attached hydrogens (tertiary/aromatic N) is 2. The van der Waals surface area contributed by atoms with Crippen molar-refractivity contribution in [3.63, 3.8) is 0 Å². The summed E-state index contributed by atoms with van der Waals surface area (Å²) < 4.78 is 0. The minimum absolute atomic E-state index is 0.231. The van der Waals surface area contributed by atoms with E-state index in [9.17, 15) is 5.11 Å². The number of aromatic nitrogens is 1. The fraction of sp³-hybridized carbons (Fsp3) is 0.545. The molecule has 0 saturated heterocycles. The lowest BCUT2D eigenvalue weighted by Crippen LogP contribution is -2.40. The van der Waals surface area contributed by atoms with Gasteiger partial charge < -0.3 is 15.7 Å². The molecule has 0 bridgehead atoms. The Morgan fingerprint density at radius 2 is 1.96 bits per heavy atom. The molecule has 0 fully saturated rings. The zero-order chi connectivity index (χ0) is 20.4. The SMILES string of the molecule is CCNC(=NCc1sc(-c2ccccc2)nc1C)NCC(CCO)CC(C)C. The third-order valence-corrected chi connectivity index (χ3v) is 5.73. The lowest BCUT2D eigenvalue weighted by molar-refractivity contribution is 0.243. The number of hydrogen-bond donors (Lipinski definition) is 3. The number of aliphatic hydroxyl groups is 1. The van der Waals surface area contributed by atoms with Gasteiger partial charge in [0.15, 0.2) is 5.96 Å². The van der Waals surface area contributed by atoms with Crippen LogP contribution in [0.3, 0.4) is 0 Å². The predicted octanol–water partition coefficient (Wildman–Crippen LogP) is 4.22. The van der Waals surface area contributed by atoms with Crippen molar-refractivity contribution in [2.45, 2.75) is 47.1 Å². The van der Waals surface area contributed by atoms with Crippen molar-refractivity contribution < 1.29 is 5.11 Å². The molecule has 0 aliphatic rings. The maximum Gasteiger partial charge on any atom is 0.191 e. The lowest BCUT2D eigenvalue weighted by Gasteiger charge is -2.20. The normalized spacial score (nSPS) is 13.0. The Morgan fingerprint density at radius 1 is 1.21 bits per heavy atom. The number of aryl methyl sites for hydroxylation is 1. The van der Waals surface area contributed by atoms with E-state index in [0.29, 0.717) is 18.4 Å². The van der Waals surface area contributed by atoms with Crippen molar-refractivity contribution in [3.8, 4) is 10.6 Å². The lowest BCUT2D eigenvalue weighted by atomic mass is 9.94. The van der Waals surface area contributed by atoms with Gasteiger partial charge >= 0.3 is 0 Å². The van der Waals surface area contributed by atoms with Crippen molar-refractivity contribution >= 4 is 17.3 Å². The Kier molecular flexibility index (Phi) is 9.44. The van der Waals surface area contributed by atoms with Crippen LogP contribution in [0.2, 0.25) is 0 Å². The number of thiazole rings is 1. The highest BCUT2D eigenvalue weighted by atomic mass is 32.1. The molecule has 6 heteroatoms. The summed E-state index contributed by atoms with van der Waals surface area (Å²) >= 11 is 1.71. The Balaban J connectivity index is 2.03. The molecule has 0 aliphatic carbocycles. The molecule has 2 aromatic rings. The fourth-order valence-corrected chi connectivity index (χ4v) is 4.16. The van der Waals surface area contributed by atoms with E-state index in [1.807, 2.05) is 25.1 Å². The highest BCUT2D eigenvalue weighted by Crippen LogP contribution is 2.28. The molecule has 1 atom stereocenters. The molecule has 5 nitrogen and oxygen atoms in total. The minimum Gasteiger partial charge on any atom is -0.396 e. The van der Waals surface area contributed by atoms with Gasteiger partial charge in [-0.15, -0.1) is 11.3 Å². The molecule has 2 rings (SSSR count). The number of benzene rings is 1. The first-order valence-electron chi connectivity index (χ1n) is 10.2. The molecule has 1 heterocycles. The maximum atomic E-state index is 9.32. The minimum atomic E-state index is 0.231. The van der Waals surface area contributed by atoms with E-state index < -0.39 is 0 Å². The molecule has 1 aromatic carbocycles. The topological polar surface area (TPSA) is 69.5 Å². The highest BCUT2D eigenvalue weighted by Gasteiger charge is 2.12. The van der Waals surface area contributed by atoms with Gasteiger partial charge in [-0.2, -0.15) is 0 Å². The molecule has 0 amide bonds. The second-order valence-corrected chi connectivity index (χ2v) is 8.56. The first-order valence-corrected chi connectivity index (χ1v) is 11.0. The van der Waals surface area contributed by atoms with E-state index in [1.165, 1.54) is 4.88 Å². The number of hydrogen-bond acceptors (Lipinski definition) is 4. The zero-order valence-corrected chi connectivity index (χ0v) is 18.4. The van der Waals surface area contributed by atoms with Crippen LogP contribution in [0.5, 0.6) is 0 Å². The summed E-state index contributed by atoms with van der Waals surface area (Å²) in [5.74, 6) is 1.89. The molecule has 0 radical (unpaired) electrons. The molecular formula is C22H34N4OS. The quantitative estimate of drug-likeness (QED) is 0.411. The summed E-state index contributed by atoms with van der Waals surface area (Å²) in [7, 11) is 0. The second kappa shape index (κ2) is 11.8. The molecule has 3 N–H and O–H groups in total. The molecule has 1 aromatic heterocycles. The summed E-state index contributed by atoms with van der Waals surface area (Å²) in [6, 6.07) is 10.3. The number of aliphatic imine (C=N–C) groups is 1. The van der Waals surface area contributed by atoms with E-state index in [0.717, 1.165) is 48.2 Å². The Morgan fingerprint density at radius 3 is 2.61 bits per heavy atom. The smallest absolute Gasteiger partial charge is 0.191 e. The summed E-state index contributed by atoms with van der Waals surface area (Å²) in [5.41, 5.74) is 2.19. The first-order chi connectivity index (χ1) is 13.5. The number of nitrogens with one attached hydrogen (secondary N) is 2. The standard InChI is InChI=1S/C22H34N4OS/c1-5-23-22(24-14-18(11-12-27)13-16(2)3)25-15-20-17(4)26-21(28-20)19-9-7-6-8-10-19/h6-10,16,18,27H,5,11-15H2,1-4H3,(H2,23,24,25). The van der Waals surface area contributed by atoms with E-state index >= 15 is 0 Å². The third-order valence-electron chi connectivity index (χ3n) is 4.54. The average Bonchev–Trinajstić information content (AvgIpc) is 3.05. The molecule has 0 spiro atoms. The molecule has 1 unspecified atom stereocenters. The van der Waals surface area contributed by atoms with Crippen LogP contribution in [0.15, 0.2) is 35.3 Å². The predicted molar refractivity (Wildman–Crippen MR) is 120 cm³/mol. The van der Waals surface area contributed by atoms with Crippen LogP contribution >= 0.6 is 11.3 Å². The highest BCUT2D eigenvalue weighted by molar-refractivity contribution is 7.15. The van der Waals surface area contributed by atoms with Gasteiger partial charge in [-0.3, -0.25) is 0 Å². The van der Waals surface area contributed by atoms with Gasteiger partial charge in [0, 0.05) is 30.1 Å². The van der Waals surface area contributed by atoms with Gasteiger partial charge in [0.25, 0.3) is 0 Å². The van der Waals surface area contributed by atoms with E-state index in [-0.39, 0.29) is 6.61 Å². The zero-order valence-electron chi connectivity index (χ0n) is 17.5. The number of rotatable bonds is 10. The Labute approximate surface area is 173 Å². The first kappa shape index (κ1) is 22.4. The van der Waals surface area contributed by atoms with Crippen LogP contribution in [-0.2, 0) is 6.54 Å². The van der Waals surface area contributed by atoms with Gasteiger partial charge in [0.2, 0.25) is 0 Å². The number of guanidine groups is 1.